The molecule has 3 rings (SSSR count). The molecule has 2 aromatic rings. The summed E-state index contributed by atoms with van der Waals surface area (Å²) in [5.41, 5.74) is 15.6. The van der Waals surface area contributed by atoms with Crippen LogP contribution >= 0.6 is 0 Å². The molecule has 0 amide bonds. The van der Waals surface area contributed by atoms with E-state index in [2.05, 4.69) is 22.2 Å². The Kier molecular flexibility index (Phi) is 6.92. The van der Waals surface area contributed by atoms with Crippen LogP contribution in [0.15, 0.2) is 54.5 Å². The third-order valence-electron chi connectivity index (χ3n) is 5.10. The molecular formula is C22H26N6O2S. The Hall–Kier alpha value is -3.38. The molecule has 2 aromatic heterocycles. The monoisotopic (exact) mass is 438 g/mol. The molecule has 1 aliphatic carbocycles. The van der Waals surface area contributed by atoms with Gasteiger partial charge in [0.25, 0.3) is 0 Å². The average Bonchev–Trinajstić information content (AvgIpc) is 3.23. The number of nitriles is 1. The van der Waals surface area contributed by atoms with Crippen LogP contribution in [0.4, 0.5) is 11.5 Å². The second-order valence-electron chi connectivity index (χ2n) is 7.53. The van der Waals surface area contributed by atoms with Crippen molar-refractivity contribution in [2.45, 2.75) is 25.7 Å². The number of nitrogens with two attached hydrogens (primary N) is 2. The van der Waals surface area contributed by atoms with E-state index in [4.69, 9.17) is 11.5 Å². The van der Waals surface area contributed by atoms with Crippen LogP contribution in [0.3, 0.4) is 0 Å². The van der Waals surface area contributed by atoms with Gasteiger partial charge in [-0.2, -0.15) is 10.4 Å². The molecule has 1 aliphatic rings. The highest BCUT2D eigenvalue weighted by atomic mass is 32.2. The van der Waals surface area contributed by atoms with Crippen LogP contribution in [0.5, 0.6) is 0 Å². The summed E-state index contributed by atoms with van der Waals surface area (Å²) >= 11 is 0. The van der Waals surface area contributed by atoms with Crippen LogP contribution in [-0.4, -0.2) is 35.2 Å². The number of rotatable bonds is 6. The zero-order chi connectivity index (χ0) is 22.4. The number of nitrogen functional groups attached to an aromatic ring is 2. The molecule has 0 fully saturated rings. The van der Waals surface area contributed by atoms with E-state index >= 15 is 0 Å². The van der Waals surface area contributed by atoms with Crippen molar-refractivity contribution in [3.05, 3.63) is 54.5 Å². The first-order valence-corrected chi connectivity index (χ1v) is 12.1. The fourth-order valence-corrected chi connectivity index (χ4v) is 4.03. The zero-order valence-corrected chi connectivity index (χ0v) is 18.2. The maximum Gasteiger partial charge on any atom is 0.147 e. The van der Waals surface area contributed by atoms with E-state index in [9.17, 15) is 13.7 Å². The molecule has 1 atom stereocenters. The Morgan fingerprint density at radius 2 is 2.03 bits per heavy atom. The van der Waals surface area contributed by atoms with Gasteiger partial charge in [-0.15, -0.1) is 0 Å². The van der Waals surface area contributed by atoms with Crippen LogP contribution < -0.4 is 11.5 Å². The zero-order valence-electron chi connectivity index (χ0n) is 17.4. The summed E-state index contributed by atoms with van der Waals surface area (Å²) in [6.45, 7) is 0. The normalized spacial score (nSPS) is 20.1. The van der Waals surface area contributed by atoms with Crippen molar-refractivity contribution in [2.75, 3.05) is 23.5 Å². The molecule has 31 heavy (non-hydrogen) atoms. The predicted molar refractivity (Wildman–Crippen MR) is 123 cm³/mol. The smallest absolute Gasteiger partial charge is 0.147 e. The lowest BCUT2D eigenvalue weighted by atomic mass is 9.96. The van der Waals surface area contributed by atoms with E-state index in [1.54, 1.807) is 23.1 Å². The Bertz CT molecular complexity index is 1180. The number of hydrogen-bond donors (Lipinski definition) is 2. The number of nitrogens with zero attached hydrogens (tertiary/aromatic N) is 4. The second-order valence-corrected chi connectivity index (χ2v) is 9.79. The summed E-state index contributed by atoms with van der Waals surface area (Å²) in [4.78, 5) is 3.99. The standard InChI is InChI=1S/C22H26N6O2S/c1-31(29,30)12-10-17(13-23)16-5-3-2-4-6-19(8-7-16)28-15-18(14-27-28)20-9-11-26-22(25)21(20)24/h5-9,11,14-15,17H,2-4,10,12,24H2,1H3,(H2,25,26)/b8-7-,16-5+,19-6-. The highest BCUT2D eigenvalue weighted by molar-refractivity contribution is 7.90. The van der Waals surface area contributed by atoms with E-state index in [0.29, 0.717) is 5.69 Å². The molecule has 0 aromatic carbocycles. The van der Waals surface area contributed by atoms with Gasteiger partial charge in [-0.3, -0.25) is 0 Å². The molecule has 162 valence electrons. The predicted octanol–water partition coefficient (Wildman–Crippen LogP) is 3.19. The van der Waals surface area contributed by atoms with Crippen LogP contribution in [0, 0.1) is 17.2 Å². The van der Waals surface area contributed by atoms with E-state index in [1.165, 1.54) is 6.26 Å². The molecule has 2 heterocycles. The van der Waals surface area contributed by atoms with Gasteiger partial charge in [-0.05, 0) is 43.4 Å². The van der Waals surface area contributed by atoms with E-state index in [-0.39, 0.29) is 18.0 Å². The van der Waals surface area contributed by atoms with Crippen molar-refractivity contribution < 1.29 is 8.42 Å². The Balaban J connectivity index is 1.86. The fourth-order valence-electron chi connectivity index (χ4n) is 3.36. The van der Waals surface area contributed by atoms with Crippen LogP contribution in [0.1, 0.15) is 25.7 Å². The highest BCUT2D eigenvalue weighted by Crippen LogP contribution is 2.29. The SMILES string of the molecule is CS(=O)(=O)CCC(C#N)C1=C/CCC/C=C(n2cc(-c3ccnc(N)c3N)cn2)/C=C\1. The summed E-state index contributed by atoms with van der Waals surface area (Å²) in [5, 5.41) is 14.1. The maximum atomic E-state index is 11.5. The summed E-state index contributed by atoms with van der Waals surface area (Å²) in [6, 6.07) is 4.04. The van der Waals surface area contributed by atoms with Gasteiger partial charge in [-0.1, -0.05) is 18.2 Å². The van der Waals surface area contributed by atoms with Crippen molar-refractivity contribution in [1.29, 1.82) is 5.26 Å². The van der Waals surface area contributed by atoms with Crippen molar-refractivity contribution in [1.82, 2.24) is 14.8 Å². The number of allylic oxidation sites excluding steroid dienone is 6. The Morgan fingerprint density at radius 1 is 1.26 bits per heavy atom. The van der Waals surface area contributed by atoms with Gasteiger partial charge in [0.15, 0.2) is 0 Å². The third kappa shape index (κ3) is 5.83. The first-order chi connectivity index (χ1) is 14.8. The van der Waals surface area contributed by atoms with Crippen LogP contribution in [0.25, 0.3) is 16.8 Å². The van der Waals surface area contributed by atoms with Crippen LogP contribution in [-0.2, 0) is 9.84 Å². The first-order valence-electron chi connectivity index (χ1n) is 9.99. The van der Waals surface area contributed by atoms with Crippen molar-refractivity contribution in [2.24, 2.45) is 5.92 Å². The van der Waals surface area contributed by atoms with Gasteiger partial charge in [0.2, 0.25) is 0 Å². The van der Waals surface area contributed by atoms with Gasteiger partial charge in [0.1, 0.15) is 15.7 Å². The lowest BCUT2D eigenvalue weighted by Gasteiger charge is -2.10. The molecule has 0 radical (unpaired) electrons. The molecule has 8 nitrogen and oxygen atoms in total. The molecule has 0 spiro atoms. The molecule has 1 unspecified atom stereocenters. The second kappa shape index (κ2) is 9.62. The fraction of sp³-hybridized carbons (Fsp3) is 0.318. The van der Waals surface area contributed by atoms with E-state index in [0.717, 1.165) is 41.7 Å². The topological polar surface area (TPSA) is 141 Å². The molecule has 0 bridgehead atoms. The summed E-state index contributed by atoms with van der Waals surface area (Å²) < 4.78 is 24.8. The van der Waals surface area contributed by atoms with E-state index < -0.39 is 15.8 Å². The lowest BCUT2D eigenvalue weighted by Crippen LogP contribution is -2.10. The number of hydrogen-bond acceptors (Lipinski definition) is 7. The molecule has 0 aliphatic heterocycles. The van der Waals surface area contributed by atoms with Gasteiger partial charge in [0.05, 0.1) is 35.3 Å². The molecule has 0 saturated carbocycles. The van der Waals surface area contributed by atoms with Gasteiger partial charge in [-0.25, -0.2) is 18.1 Å². The summed E-state index contributed by atoms with van der Waals surface area (Å²) in [6.07, 6.45) is 17.1. The minimum Gasteiger partial charge on any atom is -0.395 e. The number of anilines is 2. The molecule has 4 N–H and O–H groups in total. The van der Waals surface area contributed by atoms with Gasteiger partial charge >= 0.3 is 0 Å². The summed E-state index contributed by atoms with van der Waals surface area (Å²) in [5.74, 6) is -0.214. The Morgan fingerprint density at radius 3 is 2.77 bits per heavy atom. The minimum absolute atomic E-state index is 0.0158. The average molecular weight is 439 g/mol. The largest absolute Gasteiger partial charge is 0.395 e. The Labute approximate surface area is 182 Å². The molecule has 9 heteroatoms. The van der Waals surface area contributed by atoms with Crippen LogP contribution in [0.2, 0.25) is 0 Å². The van der Waals surface area contributed by atoms with Crippen molar-refractivity contribution in [3.8, 4) is 17.2 Å². The molecular weight excluding hydrogens is 412 g/mol. The molecule has 0 saturated heterocycles. The van der Waals surface area contributed by atoms with Gasteiger partial charge < -0.3 is 11.5 Å². The van der Waals surface area contributed by atoms with E-state index in [1.807, 2.05) is 24.4 Å². The first kappa shape index (κ1) is 22.3. The maximum absolute atomic E-state index is 11.5. The number of sulfone groups is 1. The highest BCUT2D eigenvalue weighted by Gasteiger charge is 2.16. The third-order valence-corrected chi connectivity index (χ3v) is 6.08. The van der Waals surface area contributed by atoms with Crippen molar-refractivity contribution >= 4 is 27.0 Å². The summed E-state index contributed by atoms with van der Waals surface area (Å²) in [7, 11) is -3.13. The minimum atomic E-state index is -3.13. The number of pyridine rings is 1. The van der Waals surface area contributed by atoms with Crippen molar-refractivity contribution in [3.63, 3.8) is 0 Å². The number of aromatic nitrogens is 3. The quantitative estimate of drug-likeness (QED) is 0.705. The van der Waals surface area contributed by atoms with Gasteiger partial charge in [0, 0.05) is 29.8 Å². The lowest BCUT2D eigenvalue weighted by molar-refractivity contribution is 0.595.